The van der Waals surface area contributed by atoms with Gasteiger partial charge in [0.1, 0.15) is 58.1 Å². The van der Waals surface area contributed by atoms with Crippen molar-refractivity contribution in [3.05, 3.63) is 57.7 Å². The van der Waals surface area contributed by atoms with Gasteiger partial charge >= 0.3 is 12.2 Å². The molecule has 19 heteroatoms. The zero-order chi connectivity index (χ0) is 38.0. The second-order valence-corrected chi connectivity index (χ2v) is 14.4. The molecule has 3 atom stereocenters. The minimum Gasteiger partial charge on any atom is -0.506 e. The standard InChI is InChI=1S/C34H29ClF6N8O3S/c1-51-12-20(17-7-14(35)10-45-29(17)43)46-31-23-26(47-32(48-31)52-13-33-5-2-6-49(33)11-15(36)8-33)25(38)22(24(27(23)50)34(39,40)41)16-3-4-19(37)28-21(16)18(9-42)30(44)53-28/h3-4,7,10,15,20,50H,2,5-6,8,11-13,44H2,1H3,(H2,43,45)(H,46,47,48)/t15-,20-,33+/m1/s1. The molecule has 278 valence electrons. The Balaban J connectivity index is 1.50. The van der Waals surface area contributed by atoms with Crippen LogP contribution >= 0.6 is 22.9 Å². The number of nitrogens with two attached hydrogens (primary N) is 2. The van der Waals surface area contributed by atoms with Gasteiger partial charge in [0.05, 0.1) is 38.9 Å². The summed E-state index contributed by atoms with van der Waals surface area (Å²) >= 11 is 6.78. The van der Waals surface area contributed by atoms with E-state index < -0.39 is 80.7 Å². The summed E-state index contributed by atoms with van der Waals surface area (Å²) in [6.45, 7) is 0.489. The number of nitrogen functional groups attached to an aromatic ring is 2. The molecular weight excluding hydrogens is 750 g/mol. The van der Waals surface area contributed by atoms with Crippen LogP contribution in [0, 0.1) is 23.0 Å². The van der Waals surface area contributed by atoms with E-state index in [9.17, 15) is 19.1 Å². The zero-order valence-corrected chi connectivity index (χ0v) is 29.2. The van der Waals surface area contributed by atoms with Crippen LogP contribution in [0.1, 0.15) is 42.0 Å². The molecule has 0 unspecified atom stereocenters. The lowest BCUT2D eigenvalue weighted by Crippen LogP contribution is -2.43. The Morgan fingerprint density at radius 2 is 2.02 bits per heavy atom. The number of pyridine rings is 1. The molecule has 11 nitrogen and oxygen atoms in total. The van der Waals surface area contributed by atoms with E-state index in [2.05, 4.69) is 20.3 Å². The number of hydrogen-bond acceptors (Lipinski definition) is 12. The third-order valence-corrected chi connectivity index (χ3v) is 10.9. The van der Waals surface area contributed by atoms with Crippen molar-refractivity contribution >= 4 is 60.6 Å². The molecule has 0 spiro atoms. The Morgan fingerprint density at radius 3 is 2.74 bits per heavy atom. The number of nitriles is 1. The molecule has 2 aliphatic rings. The van der Waals surface area contributed by atoms with Crippen molar-refractivity contribution in [2.24, 2.45) is 0 Å². The van der Waals surface area contributed by atoms with Crippen LogP contribution in [-0.2, 0) is 10.9 Å². The fourth-order valence-corrected chi connectivity index (χ4v) is 8.55. The maximum Gasteiger partial charge on any atom is 0.420 e. The van der Waals surface area contributed by atoms with Crippen molar-refractivity contribution in [1.82, 2.24) is 19.9 Å². The SMILES string of the molecule is COC[C@@H](Nc1nc(OC[C@@]23CCCN2C[C@H](F)C3)nc2c(F)c(-c3ccc(F)c4sc(N)c(C#N)c34)c(C(F)(F)F)c(O)c12)c1cc(Cl)cnc1N. The van der Waals surface area contributed by atoms with Crippen LogP contribution in [0.15, 0.2) is 24.4 Å². The predicted molar refractivity (Wildman–Crippen MR) is 187 cm³/mol. The van der Waals surface area contributed by atoms with E-state index in [-0.39, 0.29) is 63.2 Å². The van der Waals surface area contributed by atoms with Crippen LogP contribution in [-0.4, -0.2) is 70.1 Å². The highest BCUT2D eigenvalue weighted by molar-refractivity contribution is 7.23. The van der Waals surface area contributed by atoms with Gasteiger partial charge in [-0.1, -0.05) is 17.7 Å². The molecule has 2 saturated heterocycles. The van der Waals surface area contributed by atoms with Gasteiger partial charge in [0.25, 0.3) is 0 Å². The third kappa shape index (κ3) is 6.24. The highest BCUT2D eigenvalue weighted by Gasteiger charge is 2.49. The van der Waals surface area contributed by atoms with Crippen LogP contribution in [0.3, 0.4) is 0 Å². The number of fused-ring (bicyclic) bond motifs is 3. The maximum atomic E-state index is 17.2. The van der Waals surface area contributed by atoms with E-state index in [1.54, 1.807) is 6.07 Å². The van der Waals surface area contributed by atoms with E-state index >= 15 is 17.6 Å². The molecule has 0 amide bonds. The lowest BCUT2D eigenvalue weighted by molar-refractivity contribution is -0.138. The summed E-state index contributed by atoms with van der Waals surface area (Å²) < 4.78 is 103. The fraction of sp³-hybridized carbons (Fsp3) is 0.353. The number of phenols is 1. The molecule has 2 aromatic carbocycles. The Labute approximate surface area is 306 Å². The summed E-state index contributed by atoms with van der Waals surface area (Å²) in [5.74, 6) is -4.54. The normalized spacial score (nSPS) is 19.5. The molecule has 0 aliphatic carbocycles. The molecule has 2 fully saturated rings. The molecule has 2 aliphatic heterocycles. The van der Waals surface area contributed by atoms with Gasteiger partial charge in [-0.2, -0.15) is 28.4 Å². The second-order valence-electron chi connectivity index (χ2n) is 12.9. The molecule has 5 heterocycles. The molecule has 0 radical (unpaired) electrons. The molecule has 3 aromatic heterocycles. The number of halogens is 7. The van der Waals surface area contributed by atoms with Crippen LogP contribution in [0.4, 0.5) is 43.0 Å². The first-order valence-electron chi connectivity index (χ1n) is 16.1. The van der Waals surface area contributed by atoms with Crippen molar-refractivity contribution in [2.45, 2.75) is 43.2 Å². The van der Waals surface area contributed by atoms with E-state index in [1.807, 2.05) is 4.90 Å². The number of thiophene rings is 1. The monoisotopic (exact) mass is 778 g/mol. The summed E-state index contributed by atoms with van der Waals surface area (Å²) in [6.07, 6.45) is -3.76. The topological polar surface area (TPSA) is 168 Å². The molecule has 6 N–H and O–H groups in total. The summed E-state index contributed by atoms with van der Waals surface area (Å²) in [4.78, 5) is 14.4. The van der Waals surface area contributed by atoms with Crippen molar-refractivity contribution < 1.29 is 40.9 Å². The number of nitrogens with one attached hydrogen (secondary N) is 1. The van der Waals surface area contributed by atoms with Crippen molar-refractivity contribution in [3.8, 4) is 29.0 Å². The van der Waals surface area contributed by atoms with E-state index in [0.29, 0.717) is 24.3 Å². The minimum absolute atomic E-state index is 0.0291. The highest BCUT2D eigenvalue weighted by Crippen LogP contribution is 2.52. The lowest BCUT2D eigenvalue weighted by atomic mass is 9.91. The maximum absolute atomic E-state index is 17.2. The average molecular weight is 779 g/mol. The Morgan fingerprint density at radius 1 is 1.25 bits per heavy atom. The quantitative estimate of drug-likeness (QED) is 0.110. The van der Waals surface area contributed by atoms with E-state index in [4.69, 9.17) is 32.5 Å². The van der Waals surface area contributed by atoms with Crippen LogP contribution in [0.25, 0.3) is 32.1 Å². The van der Waals surface area contributed by atoms with Crippen molar-refractivity contribution in [2.75, 3.05) is 50.2 Å². The zero-order valence-electron chi connectivity index (χ0n) is 27.6. The molecule has 0 saturated carbocycles. The van der Waals surface area contributed by atoms with Crippen LogP contribution in [0.2, 0.25) is 5.02 Å². The Hall–Kier alpha value is -4.83. The third-order valence-electron chi connectivity index (χ3n) is 9.69. The number of hydrogen-bond donors (Lipinski definition) is 4. The first-order chi connectivity index (χ1) is 25.2. The number of rotatable bonds is 9. The van der Waals surface area contributed by atoms with Gasteiger partial charge in [0.15, 0.2) is 5.82 Å². The number of phenolic OH excluding ortho intramolecular Hbond substituents is 1. The van der Waals surface area contributed by atoms with Gasteiger partial charge in [0.2, 0.25) is 0 Å². The van der Waals surface area contributed by atoms with Gasteiger partial charge in [-0.25, -0.2) is 18.2 Å². The van der Waals surface area contributed by atoms with Crippen molar-refractivity contribution in [1.29, 1.82) is 5.26 Å². The first-order valence-corrected chi connectivity index (χ1v) is 17.3. The molecule has 7 rings (SSSR count). The van der Waals surface area contributed by atoms with Crippen LogP contribution in [0.5, 0.6) is 11.8 Å². The number of anilines is 3. The second kappa shape index (κ2) is 13.5. The Bertz CT molecular complexity index is 2320. The first kappa shape index (κ1) is 36.5. The number of ether oxygens (including phenoxy) is 2. The van der Waals surface area contributed by atoms with E-state index in [0.717, 1.165) is 18.6 Å². The highest BCUT2D eigenvalue weighted by atomic mass is 35.5. The minimum atomic E-state index is -5.43. The summed E-state index contributed by atoms with van der Waals surface area (Å²) in [7, 11) is 1.34. The van der Waals surface area contributed by atoms with Gasteiger partial charge in [-0.05, 0) is 37.1 Å². The smallest absolute Gasteiger partial charge is 0.420 e. The van der Waals surface area contributed by atoms with Gasteiger partial charge in [-0.15, -0.1) is 11.3 Å². The molecule has 0 bridgehead atoms. The summed E-state index contributed by atoms with van der Waals surface area (Å²) in [6, 6.07) is 3.31. The summed E-state index contributed by atoms with van der Waals surface area (Å²) in [5.41, 5.74) is 6.73. The van der Waals surface area contributed by atoms with Gasteiger partial charge in [0, 0.05) is 42.8 Å². The Kier molecular flexibility index (Phi) is 9.33. The number of nitrogens with zero attached hydrogens (tertiary/aromatic N) is 5. The number of benzene rings is 2. The number of aromatic hydroxyl groups is 1. The largest absolute Gasteiger partial charge is 0.506 e. The van der Waals surface area contributed by atoms with Gasteiger partial charge < -0.3 is 31.4 Å². The molecule has 5 aromatic rings. The van der Waals surface area contributed by atoms with Crippen molar-refractivity contribution in [3.63, 3.8) is 0 Å². The number of methoxy groups -OCH3 is 1. The molecular formula is C34H29ClF6N8O3S. The lowest BCUT2D eigenvalue weighted by Gasteiger charge is -2.31. The van der Waals surface area contributed by atoms with Crippen LogP contribution < -0.4 is 21.5 Å². The number of alkyl halides is 4. The van der Waals surface area contributed by atoms with Gasteiger partial charge in [-0.3, -0.25) is 4.90 Å². The fourth-order valence-electron chi connectivity index (χ4n) is 7.43. The summed E-state index contributed by atoms with van der Waals surface area (Å²) in [5, 5.41) is 23.1. The predicted octanol–water partition coefficient (Wildman–Crippen LogP) is 7.35. The molecule has 53 heavy (non-hydrogen) atoms. The number of aromatic nitrogens is 3. The average Bonchev–Trinajstić information content (AvgIpc) is 3.75. The van der Waals surface area contributed by atoms with E-state index in [1.165, 1.54) is 19.4 Å².